The summed E-state index contributed by atoms with van der Waals surface area (Å²) in [6.45, 7) is 0. The number of nitrogens with zero attached hydrogens (tertiary/aromatic N) is 2. The summed E-state index contributed by atoms with van der Waals surface area (Å²) in [6, 6.07) is 5.17. The van der Waals surface area contributed by atoms with Gasteiger partial charge in [-0.1, -0.05) is 0 Å². The first-order chi connectivity index (χ1) is 10.1. The highest BCUT2D eigenvalue weighted by Gasteiger charge is 2.28. The molecule has 0 aromatic heterocycles. The Labute approximate surface area is 128 Å². The van der Waals surface area contributed by atoms with E-state index in [9.17, 15) is 4.79 Å². The second-order valence-electron chi connectivity index (χ2n) is 4.35. The number of thioether (sulfide) groups is 1. The van der Waals surface area contributed by atoms with E-state index in [2.05, 4.69) is 4.99 Å². The largest absolute Gasteiger partial charge is 0.493 e. The molecule has 1 amide bonds. The third-order valence-corrected chi connectivity index (χ3v) is 4.25. The molecule has 7 heteroatoms. The number of benzene rings is 1. The number of hydrogen-bond acceptors (Lipinski definition) is 6. The Morgan fingerprint density at radius 1 is 1.29 bits per heavy atom. The van der Waals surface area contributed by atoms with Crippen molar-refractivity contribution in [3.8, 4) is 11.5 Å². The van der Waals surface area contributed by atoms with Gasteiger partial charge in [0.2, 0.25) is 0 Å². The molecule has 1 atom stereocenters. The summed E-state index contributed by atoms with van der Waals surface area (Å²) in [6.07, 6.45) is 0. The first-order valence-corrected chi connectivity index (χ1v) is 7.34. The highest BCUT2D eigenvalue weighted by Crippen LogP contribution is 2.31. The second-order valence-corrected chi connectivity index (χ2v) is 5.36. The van der Waals surface area contributed by atoms with Gasteiger partial charge in [-0.05, 0) is 18.2 Å². The van der Waals surface area contributed by atoms with Crippen LogP contribution in [0, 0.1) is 0 Å². The van der Waals surface area contributed by atoms with Crippen LogP contribution in [0.2, 0.25) is 0 Å². The third kappa shape index (κ3) is 3.30. The number of carbonyl (C=O) groups is 1. The minimum absolute atomic E-state index is 0.152. The molecule has 0 saturated heterocycles. The van der Waals surface area contributed by atoms with Gasteiger partial charge in [0.1, 0.15) is 6.04 Å². The molecular weight excluding hydrogens is 292 g/mol. The topological polar surface area (TPSA) is 60.4 Å². The van der Waals surface area contributed by atoms with E-state index in [4.69, 9.17) is 14.3 Å². The van der Waals surface area contributed by atoms with Crippen LogP contribution in [0.15, 0.2) is 23.2 Å². The number of aliphatic imine (C=N–C) groups is 1. The van der Waals surface area contributed by atoms with Crippen molar-refractivity contribution >= 4 is 22.7 Å². The lowest BCUT2D eigenvalue weighted by Crippen LogP contribution is -2.34. The summed E-state index contributed by atoms with van der Waals surface area (Å²) in [7, 11) is 6.22. The van der Waals surface area contributed by atoms with Gasteiger partial charge >= 0.3 is 0 Å². The van der Waals surface area contributed by atoms with Gasteiger partial charge in [-0.15, -0.1) is 11.8 Å². The molecule has 6 nitrogen and oxygen atoms in total. The van der Waals surface area contributed by atoms with Gasteiger partial charge in [-0.2, -0.15) is 0 Å². The molecule has 1 aliphatic heterocycles. The third-order valence-electron chi connectivity index (χ3n) is 3.15. The molecule has 0 bridgehead atoms. The molecule has 0 spiro atoms. The second kappa shape index (κ2) is 6.82. The fraction of sp³-hybridized carbons (Fsp3) is 0.429. The predicted octanol–water partition coefficient (Wildman–Crippen LogP) is 1.59. The normalized spacial score (nSPS) is 17.3. The Morgan fingerprint density at radius 2 is 2.00 bits per heavy atom. The van der Waals surface area contributed by atoms with Crippen LogP contribution in [0.3, 0.4) is 0 Å². The number of methoxy groups -OCH3 is 2. The molecule has 0 radical (unpaired) electrons. The van der Waals surface area contributed by atoms with Crippen molar-refractivity contribution in [3.05, 3.63) is 23.8 Å². The Bertz CT molecular complexity index is 562. The summed E-state index contributed by atoms with van der Waals surface area (Å²) in [5.41, 5.74) is 0.910. The van der Waals surface area contributed by atoms with Gasteiger partial charge in [0, 0.05) is 18.4 Å². The van der Waals surface area contributed by atoms with Gasteiger partial charge in [0.25, 0.3) is 5.91 Å². The minimum atomic E-state index is -0.414. The molecule has 114 valence electrons. The van der Waals surface area contributed by atoms with Crippen molar-refractivity contribution in [2.45, 2.75) is 6.04 Å². The van der Waals surface area contributed by atoms with E-state index in [1.807, 2.05) is 18.2 Å². The van der Waals surface area contributed by atoms with Crippen molar-refractivity contribution < 1.29 is 19.1 Å². The smallest absolute Gasteiger partial charge is 0.271 e. The summed E-state index contributed by atoms with van der Waals surface area (Å²) in [4.78, 5) is 21.4. The molecule has 1 unspecified atom stereocenters. The maximum atomic E-state index is 12.0. The van der Waals surface area contributed by atoms with E-state index in [-0.39, 0.29) is 5.91 Å². The van der Waals surface area contributed by atoms with Gasteiger partial charge in [-0.3, -0.25) is 14.6 Å². The summed E-state index contributed by atoms with van der Waals surface area (Å²) in [5.74, 6) is 1.76. The minimum Gasteiger partial charge on any atom is -0.493 e. The molecule has 0 N–H and O–H groups in total. The van der Waals surface area contributed by atoms with Crippen LogP contribution in [-0.2, 0) is 9.63 Å². The van der Waals surface area contributed by atoms with Gasteiger partial charge in [0.05, 0.1) is 26.4 Å². The van der Waals surface area contributed by atoms with E-state index >= 15 is 0 Å². The molecule has 1 aromatic carbocycles. The zero-order chi connectivity index (χ0) is 15.4. The van der Waals surface area contributed by atoms with Crippen molar-refractivity contribution in [1.82, 2.24) is 5.06 Å². The van der Waals surface area contributed by atoms with Crippen LogP contribution >= 0.6 is 11.8 Å². The molecule has 21 heavy (non-hydrogen) atoms. The number of hydrogen-bond donors (Lipinski definition) is 0. The summed E-state index contributed by atoms with van der Waals surface area (Å²) < 4.78 is 10.5. The zero-order valence-corrected chi connectivity index (χ0v) is 13.3. The molecule has 0 aliphatic carbocycles. The summed E-state index contributed by atoms with van der Waals surface area (Å²) in [5, 5.41) is 2.02. The van der Waals surface area contributed by atoms with Crippen molar-refractivity contribution in [3.63, 3.8) is 0 Å². The lowest BCUT2D eigenvalue weighted by Gasteiger charge is -2.15. The van der Waals surface area contributed by atoms with Gasteiger partial charge in [-0.25, -0.2) is 5.06 Å². The Hall–Kier alpha value is -1.73. The lowest BCUT2D eigenvalue weighted by atomic mass is 10.2. The van der Waals surface area contributed by atoms with E-state index in [1.54, 1.807) is 33.0 Å². The number of carbonyl (C=O) groups excluding carboxylic acids is 1. The molecule has 0 fully saturated rings. The standard InChI is InChI=1S/C14H18N2O4S/c1-16(20-4)14(17)10-8-21-13(15-10)9-5-6-11(18-2)12(7-9)19-3/h5-7,10H,8H2,1-4H3. The van der Waals surface area contributed by atoms with Crippen LogP contribution in [-0.4, -0.2) is 56.2 Å². The van der Waals surface area contributed by atoms with Crippen molar-refractivity contribution in [1.29, 1.82) is 0 Å². The van der Waals surface area contributed by atoms with Crippen LogP contribution in [0.5, 0.6) is 11.5 Å². The average molecular weight is 310 g/mol. The number of hydroxylamine groups is 2. The van der Waals surface area contributed by atoms with Crippen molar-refractivity contribution in [2.24, 2.45) is 4.99 Å². The molecule has 1 aliphatic rings. The fourth-order valence-electron chi connectivity index (χ4n) is 1.93. The quantitative estimate of drug-likeness (QED) is 0.773. The lowest BCUT2D eigenvalue weighted by molar-refractivity contribution is -0.169. The van der Waals surface area contributed by atoms with Crippen LogP contribution < -0.4 is 9.47 Å². The first kappa shape index (κ1) is 15.7. The molecule has 1 aromatic rings. The SMILES string of the molecule is COc1ccc(C2=NC(C(=O)N(C)OC)CS2)cc1OC. The highest BCUT2D eigenvalue weighted by atomic mass is 32.2. The van der Waals surface area contributed by atoms with Crippen molar-refractivity contribution in [2.75, 3.05) is 34.1 Å². The monoisotopic (exact) mass is 310 g/mol. The Kier molecular flexibility index (Phi) is 5.08. The Morgan fingerprint density at radius 3 is 2.62 bits per heavy atom. The maximum Gasteiger partial charge on any atom is 0.271 e. The first-order valence-electron chi connectivity index (χ1n) is 6.35. The predicted molar refractivity (Wildman–Crippen MR) is 82.1 cm³/mol. The number of rotatable bonds is 5. The molecule has 2 rings (SSSR count). The molecule has 0 saturated carbocycles. The van der Waals surface area contributed by atoms with Crippen LogP contribution in [0.4, 0.5) is 0 Å². The number of ether oxygens (including phenoxy) is 2. The molecular formula is C14H18N2O4S. The Balaban J connectivity index is 2.21. The molecule has 1 heterocycles. The van der Waals surface area contributed by atoms with E-state index < -0.39 is 6.04 Å². The fourth-order valence-corrected chi connectivity index (χ4v) is 2.96. The van der Waals surface area contributed by atoms with E-state index in [0.717, 1.165) is 10.6 Å². The van der Waals surface area contributed by atoms with E-state index in [0.29, 0.717) is 17.3 Å². The van der Waals surface area contributed by atoms with Crippen LogP contribution in [0.1, 0.15) is 5.56 Å². The van der Waals surface area contributed by atoms with Crippen LogP contribution in [0.25, 0.3) is 0 Å². The van der Waals surface area contributed by atoms with E-state index in [1.165, 1.54) is 12.2 Å². The summed E-state index contributed by atoms with van der Waals surface area (Å²) >= 11 is 1.54. The van der Waals surface area contributed by atoms with Gasteiger partial charge in [0.15, 0.2) is 11.5 Å². The number of likely N-dealkylation sites (N-methyl/N-ethyl adjacent to an activating group) is 1. The maximum absolute atomic E-state index is 12.0. The van der Waals surface area contributed by atoms with Gasteiger partial charge < -0.3 is 9.47 Å². The average Bonchev–Trinajstić information content (AvgIpc) is 3.02. The highest BCUT2D eigenvalue weighted by molar-refractivity contribution is 8.14. The number of amides is 1. The zero-order valence-electron chi connectivity index (χ0n) is 12.5.